The fourth-order valence-electron chi connectivity index (χ4n) is 2.59. The van der Waals surface area contributed by atoms with Crippen molar-refractivity contribution in [1.29, 1.82) is 0 Å². The standard InChI is InChI=1S/C19H19ClN6O2/c1-11(22-19(28)18-9-17(12(2)27)23-24-18)10-26-7-6-15(25-26)13-4-5-16(21-3)14(20)8-13/h4-9,11-12,27H,10H2,1-2H3,(H,22,28)(H,23,24)/t11-,12?/m0/s1/i2D3. The summed E-state index contributed by atoms with van der Waals surface area (Å²) in [6, 6.07) is 7.76. The van der Waals surface area contributed by atoms with Crippen LogP contribution in [0.4, 0.5) is 5.69 Å². The molecule has 1 aromatic carbocycles. The Morgan fingerprint density at radius 1 is 1.50 bits per heavy atom. The minimum atomic E-state index is -2.62. The van der Waals surface area contributed by atoms with Crippen LogP contribution in [0.25, 0.3) is 16.1 Å². The zero-order chi connectivity index (χ0) is 22.8. The van der Waals surface area contributed by atoms with E-state index in [0.717, 1.165) is 5.56 Å². The Kier molecular flexibility index (Phi) is 4.67. The van der Waals surface area contributed by atoms with Crippen molar-refractivity contribution in [3.8, 4) is 11.3 Å². The van der Waals surface area contributed by atoms with E-state index in [9.17, 15) is 9.90 Å². The zero-order valence-corrected chi connectivity index (χ0v) is 15.6. The fourth-order valence-corrected chi connectivity index (χ4v) is 2.81. The first-order valence-electron chi connectivity index (χ1n) is 9.83. The Morgan fingerprint density at radius 2 is 2.32 bits per heavy atom. The van der Waals surface area contributed by atoms with Crippen molar-refractivity contribution in [1.82, 2.24) is 25.3 Å². The summed E-state index contributed by atoms with van der Waals surface area (Å²) in [7, 11) is 0. The summed E-state index contributed by atoms with van der Waals surface area (Å²) in [5.74, 6) is -0.512. The van der Waals surface area contributed by atoms with Crippen LogP contribution in [-0.2, 0) is 6.54 Å². The number of aromatic nitrogens is 4. The molecule has 0 bridgehead atoms. The second-order valence-electron chi connectivity index (χ2n) is 6.19. The third-order valence-electron chi connectivity index (χ3n) is 3.97. The Morgan fingerprint density at radius 3 is 3.04 bits per heavy atom. The predicted octanol–water partition coefficient (Wildman–Crippen LogP) is 3.35. The SMILES string of the molecule is [2H]C([2H])([2H])C(O)c1cc(C(=O)N[C@@H](C)Cn2ccc(-c3ccc([N+]#[C-])c(Cl)c3)n2)n[nH]1. The number of carbonyl (C=O) groups excluding carboxylic acids is 1. The largest absolute Gasteiger partial charge is 0.387 e. The van der Waals surface area contributed by atoms with Crippen LogP contribution in [0.5, 0.6) is 0 Å². The molecule has 0 radical (unpaired) electrons. The lowest BCUT2D eigenvalue weighted by molar-refractivity contribution is 0.0931. The highest BCUT2D eigenvalue weighted by atomic mass is 35.5. The molecule has 28 heavy (non-hydrogen) atoms. The van der Waals surface area contributed by atoms with Crippen molar-refractivity contribution in [2.24, 2.45) is 0 Å². The lowest BCUT2D eigenvalue weighted by Gasteiger charge is -2.13. The van der Waals surface area contributed by atoms with E-state index in [-0.39, 0.29) is 17.4 Å². The van der Waals surface area contributed by atoms with Gasteiger partial charge in [-0.25, -0.2) is 4.85 Å². The molecule has 3 N–H and O–H groups in total. The molecule has 0 fully saturated rings. The average molecular weight is 402 g/mol. The van der Waals surface area contributed by atoms with Crippen LogP contribution < -0.4 is 5.32 Å². The number of hydrogen-bond donors (Lipinski definition) is 3. The maximum Gasteiger partial charge on any atom is 0.272 e. The van der Waals surface area contributed by atoms with Crippen molar-refractivity contribution in [3.05, 3.63) is 64.4 Å². The maximum absolute atomic E-state index is 12.4. The molecule has 0 spiro atoms. The minimum Gasteiger partial charge on any atom is -0.387 e. The van der Waals surface area contributed by atoms with Crippen molar-refractivity contribution in [3.63, 3.8) is 0 Å². The highest BCUT2D eigenvalue weighted by molar-refractivity contribution is 6.33. The molecule has 2 heterocycles. The number of rotatable bonds is 6. The number of aliphatic hydroxyl groups is 1. The van der Waals surface area contributed by atoms with Gasteiger partial charge in [0.1, 0.15) is 5.69 Å². The van der Waals surface area contributed by atoms with E-state index in [4.69, 9.17) is 22.3 Å². The Balaban J connectivity index is 1.62. The van der Waals surface area contributed by atoms with Crippen LogP contribution in [0.2, 0.25) is 5.02 Å². The average Bonchev–Trinajstić information content (AvgIpc) is 3.36. The second kappa shape index (κ2) is 8.25. The van der Waals surface area contributed by atoms with Gasteiger partial charge in [0.25, 0.3) is 5.91 Å². The van der Waals surface area contributed by atoms with Gasteiger partial charge < -0.3 is 10.4 Å². The molecule has 8 nitrogen and oxygen atoms in total. The van der Waals surface area contributed by atoms with E-state index in [2.05, 4.69) is 25.5 Å². The maximum atomic E-state index is 12.4. The molecule has 0 saturated carbocycles. The second-order valence-corrected chi connectivity index (χ2v) is 6.59. The van der Waals surface area contributed by atoms with Gasteiger partial charge >= 0.3 is 0 Å². The number of benzene rings is 1. The molecular weight excluding hydrogens is 380 g/mol. The number of carbonyl (C=O) groups is 1. The molecule has 1 amide bonds. The third kappa shape index (κ3) is 4.39. The van der Waals surface area contributed by atoms with Gasteiger partial charge in [0.05, 0.1) is 30.6 Å². The van der Waals surface area contributed by atoms with Crippen LogP contribution in [0.15, 0.2) is 36.5 Å². The molecule has 3 aromatic rings. The molecular formula is C19H19ClN6O2. The summed E-state index contributed by atoms with van der Waals surface area (Å²) in [5.41, 5.74) is 1.73. The molecule has 0 aliphatic heterocycles. The summed E-state index contributed by atoms with van der Waals surface area (Å²) in [4.78, 5) is 15.7. The summed E-state index contributed by atoms with van der Waals surface area (Å²) in [6.07, 6.45) is 0.00686. The van der Waals surface area contributed by atoms with Crippen LogP contribution in [0.1, 0.15) is 40.2 Å². The quantitative estimate of drug-likeness (QED) is 0.551. The van der Waals surface area contributed by atoms with E-state index in [1.807, 2.05) is 0 Å². The molecule has 144 valence electrons. The van der Waals surface area contributed by atoms with Crippen molar-refractivity contribution in [2.75, 3.05) is 0 Å². The molecule has 9 heteroatoms. The lowest BCUT2D eigenvalue weighted by atomic mass is 10.1. The van der Waals surface area contributed by atoms with Gasteiger partial charge in [-0.1, -0.05) is 23.7 Å². The van der Waals surface area contributed by atoms with Crippen LogP contribution in [0, 0.1) is 6.57 Å². The number of hydrogen-bond acceptors (Lipinski definition) is 4. The Labute approximate surface area is 171 Å². The Hall–Kier alpha value is -3.15. The molecule has 1 unspecified atom stereocenters. The summed E-state index contributed by atoms with van der Waals surface area (Å²) in [6.45, 7) is 6.58. The van der Waals surface area contributed by atoms with E-state index < -0.39 is 18.9 Å². The van der Waals surface area contributed by atoms with Crippen LogP contribution in [0.3, 0.4) is 0 Å². The number of halogens is 1. The van der Waals surface area contributed by atoms with Crippen LogP contribution >= 0.6 is 11.6 Å². The lowest BCUT2D eigenvalue weighted by Crippen LogP contribution is -2.36. The highest BCUT2D eigenvalue weighted by Gasteiger charge is 2.16. The van der Waals surface area contributed by atoms with Crippen LogP contribution in [-0.4, -0.2) is 37.0 Å². The van der Waals surface area contributed by atoms with Crippen molar-refractivity contribution < 1.29 is 14.0 Å². The smallest absolute Gasteiger partial charge is 0.272 e. The topological polar surface area (TPSA) is 100 Å². The predicted molar refractivity (Wildman–Crippen MR) is 105 cm³/mol. The number of nitrogens with zero attached hydrogens (tertiary/aromatic N) is 4. The number of nitrogens with one attached hydrogen (secondary N) is 2. The van der Waals surface area contributed by atoms with Gasteiger partial charge in [-0.2, -0.15) is 10.2 Å². The van der Waals surface area contributed by atoms with Gasteiger partial charge in [0, 0.05) is 26.9 Å². The minimum absolute atomic E-state index is 0.0270. The molecule has 2 atom stereocenters. The van der Waals surface area contributed by atoms with Crippen molar-refractivity contribution >= 4 is 23.2 Å². The van der Waals surface area contributed by atoms with E-state index in [0.29, 0.717) is 22.9 Å². The number of aliphatic hydroxyl groups excluding tert-OH is 1. The van der Waals surface area contributed by atoms with E-state index in [1.54, 1.807) is 42.1 Å². The molecule has 0 saturated heterocycles. The summed E-state index contributed by atoms with van der Waals surface area (Å²) < 4.78 is 23.4. The monoisotopic (exact) mass is 401 g/mol. The van der Waals surface area contributed by atoms with Gasteiger partial charge in [0.15, 0.2) is 0 Å². The van der Waals surface area contributed by atoms with Gasteiger partial charge in [-0.15, -0.1) is 0 Å². The van der Waals surface area contributed by atoms with E-state index >= 15 is 0 Å². The molecule has 3 rings (SSSR count). The molecule has 2 aromatic heterocycles. The van der Waals surface area contributed by atoms with E-state index in [1.165, 1.54) is 6.07 Å². The number of amides is 1. The fraction of sp³-hybridized carbons (Fsp3) is 0.263. The first-order chi connectivity index (χ1) is 14.6. The summed E-state index contributed by atoms with van der Waals surface area (Å²) >= 11 is 6.08. The highest BCUT2D eigenvalue weighted by Crippen LogP contribution is 2.29. The zero-order valence-electron chi connectivity index (χ0n) is 17.8. The molecule has 0 aliphatic rings. The molecule has 0 aliphatic carbocycles. The van der Waals surface area contributed by atoms with Gasteiger partial charge in [0.2, 0.25) is 5.69 Å². The van der Waals surface area contributed by atoms with Gasteiger partial charge in [-0.05, 0) is 32.0 Å². The van der Waals surface area contributed by atoms with Gasteiger partial charge in [-0.3, -0.25) is 14.6 Å². The number of H-pyrrole nitrogens is 1. The third-order valence-corrected chi connectivity index (χ3v) is 4.27. The normalized spacial score (nSPS) is 15.0. The first kappa shape index (κ1) is 15.9. The van der Waals surface area contributed by atoms with Crippen molar-refractivity contribution in [2.45, 2.75) is 32.5 Å². The first-order valence-corrected chi connectivity index (χ1v) is 8.71. The Bertz CT molecular complexity index is 1130. The number of aromatic amines is 1. The summed E-state index contributed by atoms with van der Waals surface area (Å²) in [5, 5.41) is 23.5.